The van der Waals surface area contributed by atoms with Crippen molar-refractivity contribution in [2.75, 3.05) is 23.0 Å². The lowest BCUT2D eigenvalue weighted by Gasteiger charge is -2.48. The van der Waals surface area contributed by atoms with Gasteiger partial charge in [-0.05, 0) is 134 Å². The predicted molar refractivity (Wildman–Crippen MR) is 254 cm³/mol. The fourth-order valence-corrected chi connectivity index (χ4v) is 10.4. The third-order valence-electron chi connectivity index (χ3n) is 14.0. The highest BCUT2D eigenvalue weighted by Crippen LogP contribution is 2.53. The number of aryl methyl sites for hydroxylation is 1. The summed E-state index contributed by atoms with van der Waals surface area (Å²) in [7, 11) is 0. The molecule has 60 heavy (non-hydrogen) atoms. The highest BCUT2D eigenvalue weighted by Gasteiger charge is 2.47. The lowest BCUT2D eigenvalue weighted by atomic mass is 9.33. The first-order valence-corrected chi connectivity index (χ1v) is 22.1. The second kappa shape index (κ2) is 13.3. The van der Waals surface area contributed by atoms with E-state index in [0.29, 0.717) is 13.2 Å². The fourth-order valence-electron chi connectivity index (χ4n) is 10.4. The van der Waals surface area contributed by atoms with E-state index in [2.05, 4.69) is 195 Å². The fraction of sp³-hybridized carbons (Fsp3) is 0.345. The van der Waals surface area contributed by atoms with Crippen LogP contribution in [0.15, 0.2) is 109 Å². The third-order valence-corrected chi connectivity index (χ3v) is 14.0. The molecule has 0 amide bonds. The minimum absolute atomic E-state index is 0.0211. The summed E-state index contributed by atoms with van der Waals surface area (Å²) >= 11 is 0. The molecule has 0 N–H and O–H groups in total. The van der Waals surface area contributed by atoms with Crippen molar-refractivity contribution >= 4 is 57.2 Å². The van der Waals surface area contributed by atoms with Crippen molar-refractivity contribution in [3.05, 3.63) is 137 Å². The van der Waals surface area contributed by atoms with Crippen molar-refractivity contribution in [1.29, 1.82) is 0 Å². The zero-order chi connectivity index (χ0) is 42.1. The first-order chi connectivity index (χ1) is 28.4. The van der Waals surface area contributed by atoms with Crippen LogP contribution >= 0.6 is 0 Å². The summed E-state index contributed by atoms with van der Waals surface area (Å²) < 4.78 is 12.7. The monoisotopic (exact) mass is 790 g/mol. The normalized spacial score (nSPS) is 17.1. The Hall–Kier alpha value is -5.42. The molecule has 0 aromatic heterocycles. The van der Waals surface area contributed by atoms with Crippen LogP contribution in [0, 0.1) is 6.92 Å². The van der Waals surface area contributed by atoms with Gasteiger partial charge in [-0.3, -0.25) is 0 Å². The largest absolute Gasteiger partial charge is 0.486 e. The number of benzene rings is 6. The molecule has 0 saturated heterocycles. The van der Waals surface area contributed by atoms with Crippen LogP contribution < -0.4 is 35.7 Å². The maximum absolute atomic E-state index is 6.41. The average Bonchev–Trinajstić information content (AvgIpc) is 3.21. The molecule has 10 rings (SSSR count). The number of nitrogens with zero attached hydrogens (tertiary/aromatic N) is 2. The van der Waals surface area contributed by atoms with Gasteiger partial charge in [-0.25, -0.2) is 0 Å². The predicted octanol–water partition coefficient (Wildman–Crippen LogP) is 12.5. The van der Waals surface area contributed by atoms with E-state index < -0.39 is 0 Å². The van der Waals surface area contributed by atoms with E-state index >= 15 is 0 Å². The second-order valence-corrected chi connectivity index (χ2v) is 21.2. The van der Waals surface area contributed by atoms with Gasteiger partial charge in [-0.15, -0.1) is 0 Å². The molecule has 5 heteroatoms. The van der Waals surface area contributed by atoms with Gasteiger partial charge >= 0.3 is 0 Å². The van der Waals surface area contributed by atoms with E-state index in [9.17, 15) is 0 Å². The molecule has 0 radical (unpaired) electrons. The summed E-state index contributed by atoms with van der Waals surface area (Å²) in [6.45, 7) is 27.1. The third kappa shape index (κ3) is 6.09. The molecule has 6 aromatic rings. The number of hydrogen-bond acceptors (Lipinski definition) is 4. The van der Waals surface area contributed by atoms with E-state index in [0.717, 1.165) is 41.2 Å². The van der Waals surface area contributed by atoms with E-state index in [1.165, 1.54) is 72.6 Å². The lowest BCUT2D eigenvalue weighted by Crippen LogP contribution is -2.62. The molecular formula is C55H59BN2O2. The van der Waals surface area contributed by atoms with Crippen molar-refractivity contribution in [1.82, 2.24) is 0 Å². The zero-order valence-corrected chi connectivity index (χ0v) is 37.5. The molecule has 4 aliphatic rings. The minimum atomic E-state index is -0.0220. The first kappa shape index (κ1) is 38.8. The maximum atomic E-state index is 6.41. The molecule has 4 nitrogen and oxygen atoms in total. The van der Waals surface area contributed by atoms with Crippen LogP contribution in [-0.2, 0) is 21.7 Å². The number of hydrogen-bond donors (Lipinski definition) is 0. The molecule has 6 aromatic carbocycles. The standard InChI is InChI=1S/C55H59BN2O2/c1-34-27-47-51-48(28-34)58(45-33-50-49(59-25-26-60-50)30-39(45)35-15-13-12-14-16-35)46-32-41-40(54(8,9)23-24-55(41,10)11)31-43(46)56(51)42-29-37(53(5,6)7)19-22-44(42)57(47)38-20-17-36(18-21-38)52(2,3)4/h12-22,27-33H,23-26H2,1-11H3. The van der Waals surface area contributed by atoms with Crippen molar-refractivity contribution in [2.45, 2.75) is 111 Å². The Morgan fingerprint density at radius 3 is 1.73 bits per heavy atom. The van der Waals surface area contributed by atoms with Crippen LogP contribution in [0.5, 0.6) is 11.5 Å². The molecule has 0 unspecified atom stereocenters. The Labute approximate surface area is 358 Å². The number of anilines is 6. The SMILES string of the molecule is Cc1cc2c3c(c1)N(c1cc4c(cc1-c1ccccc1)OCCO4)c1cc4c(cc1B3c1cc(C(C)(C)C)ccc1N2c1ccc(C(C)(C)C)cc1)C(C)(C)CCC4(C)C. The number of ether oxygens (including phenoxy) is 2. The highest BCUT2D eigenvalue weighted by atomic mass is 16.6. The highest BCUT2D eigenvalue weighted by molar-refractivity contribution is 7.00. The zero-order valence-electron chi connectivity index (χ0n) is 37.5. The Bertz CT molecular complexity index is 2700. The van der Waals surface area contributed by atoms with Gasteiger partial charge in [0.15, 0.2) is 11.5 Å². The van der Waals surface area contributed by atoms with Crippen LogP contribution in [0.2, 0.25) is 0 Å². The van der Waals surface area contributed by atoms with Crippen LogP contribution in [0.3, 0.4) is 0 Å². The molecule has 0 saturated carbocycles. The summed E-state index contributed by atoms with van der Waals surface area (Å²) in [6, 6.07) is 42.0. The van der Waals surface area contributed by atoms with Crippen LogP contribution in [-0.4, -0.2) is 19.9 Å². The number of fused-ring (bicyclic) bond motifs is 6. The van der Waals surface area contributed by atoms with E-state index in [-0.39, 0.29) is 28.4 Å². The van der Waals surface area contributed by atoms with Crippen molar-refractivity contribution < 1.29 is 9.47 Å². The van der Waals surface area contributed by atoms with Crippen molar-refractivity contribution in [2.24, 2.45) is 0 Å². The van der Waals surface area contributed by atoms with Crippen molar-refractivity contribution in [3.63, 3.8) is 0 Å². The molecule has 0 fully saturated rings. The van der Waals surface area contributed by atoms with Crippen LogP contribution in [0.25, 0.3) is 11.1 Å². The molecule has 0 spiro atoms. The van der Waals surface area contributed by atoms with Gasteiger partial charge in [-0.1, -0.05) is 130 Å². The van der Waals surface area contributed by atoms with Gasteiger partial charge in [0.05, 0.1) is 5.69 Å². The molecule has 304 valence electrons. The summed E-state index contributed by atoms with van der Waals surface area (Å²) in [6.07, 6.45) is 2.31. The number of rotatable bonds is 3. The lowest BCUT2D eigenvalue weighted by molar-refractivity contribution is 0.172. The molecule has 3 aliphatic heterocycles. The summed E-state index contributed by atoms with van der Waals surface area (Å²) in [4.78, 5) is 5.14. The average molecular weight is 791 g/mol. The van der Waals surface area contributed by atoms with E-state index in [1.807, 2.05) is 0 Å². The minimum Gasteiger partial charge on any atom is -0.486 e. The Kier molecular flexibility index (Phi) is 8.59. The van der Waals surface area contributed by atoms with Crippen LogP contribution in [0.4, 0.5) is 34.1 Å². The first-order valence-electron chi connectivity index (χ1n) is 22.1. The van der Waals surface area contributed by atoms with Gasteiger partial charge in [-0.2, -0.15) is 0 Å². The van der Waals surface area contributed by atoms with Gasteiger partial charge in [0.25, 0.3) is 6.71 Å². The quantitative estimate of drug-likeness (QED) is 0.166. The molecule has 1 aliphatic carbocycles. The van der Waals surface area contributed by atoms with Crippen LogP contribution in [0.1, 0.15) is 110 Å². The van der Waals surface area contributed by atoms with Gasteiger partial charge in [0.2, 0.25) is 0 Å². The topological polar surface area (TPSA) is 24.9 Å². The summed E-state index contributed by atoms with van der Waals surface area (Å²) in [5.41, 5.74) is 20.5. The summed E-state index contributed by atoms with van der Waals surface area (Å²) in [5, 5.41) is 0. The van der Waals surface area contributed by atoms with E-state index in [4.69, 9.17) is 9.47 Å². The molecule has 0 atom stereocenters. The Balaban J connectivity index is 1.34. The van der Waals surface area contributed by atoms with Gasteiger partial charge < -0.3 is 19.3 Å². The summed E-state index contributed by atoms with van der Waals surface area (Å²) in [5.74, 6) is 1.59. The second-order valence-electron chi connectivity index (χ2n) is 21.2. The molecular weight excluding hydrogens is 731 g/mol. The smallest absolute Gasteiger partial charge is 0.252 e. The van der Waals surface area contributed by atoms with Crippen molar-refractivity contribution in [3.8, 4) is 22.6 Å². The Morgan fingerprint density at radius 2 is 1.10 bits per heavy atom. The van der Waals surface area contributed by atoms with E-state index in [1.54, 1.807) is 0 Å². The molecule has 3 heterocycles. The van der Waals surface area contributed by atoms with Gasteiger partial charge in [0.1, 0.15) is 13.2 Å². The molecule has 0 bridgehead atoms. The Morgan fingerprint density at radius 1 is 0.533 bits per heavy atom. The van der Waals surface area contributed by atoms with Gasteiger partial charge in [0, 0.05) is 40.1 Å². The maximum Gasteiger partial charge on any atom is 0.252 e.